The Morgan fingerprint density at radius 2 is 2.00 bits per heavy atom. The summed E-state index contributed by atoms with van der Waals surface area (Å²) in [5.41, 5.74) is 2.19. The third-order valence-corrected chi connectivity index (χ3v) is 3.76. The summed E-state index contributed by atoms with van der Waals surface area (Å²) in [6.07, 6.45) is 14.5. The van der Waals surface area contributed by atoms with Crippen LogP contribution in [0.5, 0.6) is 0 Å². The van der Waals surface area contributed by atoms with Gasteiger partial charge in [0.05, 0.1) is 6.10 Å². The van der Waals surface area contributed by atoms with Crippen molar-refractivity contribution in [3.63, 3.8) is 0 Å². The van der Waals surface area contributed by atoms with Crippen molar-refractivity contribution in [1.82, 2.24) is 0 Å². The maximum atomic E-state index is 10.4. The van der Waals surface area contributed by atoms with Crippen LogP contribution < -0.4 is 0 Å². The molecule has 1 aromatic carbocycles. The summed E-state index contributed by atoms with van der Waals surface area (Å²) in [5, 5.41) is 10.4. The fourth-order valence-corrected chi connectivity index (χ4v) is 2.57. The van der Waals surface area contributed by atoms with Gasteiger partial charge in [0.25, 0.3) is 0 Å². The van der Waals surface area contributed by atoms with E-state index < -0.39 is 6.10 Å². The first-order chi connectivity index (χ1) is 9.33. The minimum absolute atomic E-state index is 0.126. The van der Waals surface area contributed by atoms with Crippen molar-refractivity contribution in [2.24, 2.45) is 5.92 Å². The molecule has 1 aliphatic carbocycles. The predicted molar refractivity (Wildman–Crippen MR) is 81.8 cm³/mol. The molecule has 0 spiro atoms. The molecule has 19 heavy (non-hydrogen) atoms. The minimum Gasteiger partial charge on any atom is -0.387 e. The number of fused-ring (bicyclic) bond motifs is 1. The highest BCUT2D eigenvalue weighted by Crippen LogP contribution is 2.32. The number of benzene rings is 1. The lowest BCUT2D eigenvalue weighted by molar-refractivity contribution is 0.149. The maximum absolute atomic E-state index is 10.4. The molecule has 0 bridgehead atoms. The molecule has 1 N–H and O–H groups in total. The van der Waals surface area contributed by atoms with Gasteiger partial charge in [-0.2, -0.15) is 0 Å². The normalized spacial score (nSPS) is 21.8. The van der Waals surface area contributed by atoms with E-state index in [2.05, 4.69) is 37.3 Å². The van der Waals surface area contributed by atoms with Crippen molar-refractivity contribution in [2.75, 3.05) is 0 Å². The molecule has 102 valence electrons. The van der Waals surface area contributed by atoms with Gasteiger partial charge in [0.15, 0.2) is 0 Å². The highest BCUT2D eigenvalue weighted by atomic mass is 16.3. The van der Waals surface area contributed by atoms with Gasteiger partial charge >= 0.3 is 0 Å². The van der Waals surface area contributed by atoms with Crippen LogP contribution in [0.1, 0.15) is 56.3 Å². The van der Waals surface area contributed by atoms with Gasteiger partial charge in [-0.1, -0.05) is 74.8 Å². The number of hydrogen-bond acceptors (Lipinski definition) is 1. The molecule has 2 atom stereocenters. The van der Waals surface area contributed by atoms with Crippen LogP contribution in [0.25, 0.3) is 6.08 Å². The van der Waals surface area contributed by atoms with Crippen LogP contribution in [0.2, 0.25) is 0 Å². The van der Waals surface area contributed by atoms with Crippen LogP contribution >= 0.6 is 0 Å². The van der Waals surface area contributed by atoms with Crippen molar-refractivity contribution < 1.29 is 5.11 Å². The first kappa shape index (κ1) is 14.1. The zero-order chi connectivity index (χ0) is 13.5. The lowest BCUT2D eigenvalue weighted by Crippen LogP contribution is -2.12. The Balaban J connectivity index is 1.88. The van der Waals surface area contributed by atoms with Gasteiger partial charge in [0, 0.05) is 5.92 Å². The number of unbranched alkanes of at least 4 members (excludes halogenated alkanes) is 4. The van der Waals surface area contributed by atoms with E-state index in [0.29, 0.717) is 0 Å². The lowest BCUT2D eigenvalue weighted by Gasteiger charge is -2.23. The lowest BCUT2D eigenvalue weighted by atomic mass is 9.86. The largest absolute Gasteiger partial charge is 0.387 e. The molecule has 0 saturated heterocycles. The number of hydrogen-bond donors (Lipinski definition) is 1. The Morgan fingerprint density at radius 1 is 1.16 bits per heavy atom. The second kappa shape index (κ2) is 7.30. The molecule has 0 fully saturated rings. The average Bonchev–Trinajstić information content (AvgIpc) is 2.45. The van der Waals surface area contributed by atoms with Crippen molar-refractivity contribution in [3.8, 4) is 0 Å². The van der Waals surface area contributed by atoms with Crippen molar-refractivity contribution in [2.45, 2.75) is 45.1 Å². The van der Waals surface area contributed by atoms with E-state index in [1.807, 2.05) is 18.2 Å². The highest BCUT2D eigenvalue weighted by molar-refractivity contribution is 5.58. The molecule has 1 aromatic rings. The minimum atomic E-state index is -0.395. The smallest absolute Gasteiger partial charge is 0.0893 e. The van der Waals surface area contributed by atoms with Gasteiger partial charge in [-0.05, 0) is 24.0 Å². The van der Waals surface area contributed by atoms with Crippen molar-refractivity contribution in [1.29, 1.82) is 0 Å². The summed E-state index contributed by atoms with van der Waals surface area (Å²) in [5.74, 6) is 0.126. The van der Waals surface area contributed by atoms with Crippen molar-refractivity contribution >= 4 is 6.08 Å². The molecular formula is C18H24O. The topological polar surface area (TPSA) is 20.2 Å². The summed E-state index contributed by atoms with van der Waals surface area (Å²) >= 11 is 0. The number of aliphatic hydroxyl groups is 1. The Labute approximate surface area is 116 Å². The fraction of sp³-hybridized carbons (Fsp3) is 0.444. The van der Waals surface area contributed by atoms with Crippen LogP contribution in [0.15, 0.2) is 42.5 Å². The Morgan fingerprint density at radius 3 is 2.84 bits per heavy atom. The highest BCUT2D eigenvalue weighted by Gasteiger charge is 2.21. The molecule has 0 amide bonds. The summed E-state index contributed by atoms with van der Waals surface area (Å²) in [6, 6.07) is 8.08. The van der Waals surface area contributed by atoms with Gasteiger partial charge in [-0.3, -0.25) is 0 Å². The van der Waals surface area contributed by atoms with E-state index in [0.717, 1.165) is 17.5 Å². The third-order valence-electron chi connectivity index (χ3n) is 3.76. The van der Waals surface area contributed by atoms with Crippen molar-refractivity contribution in [3.05, 3.63) is 53.6 Å². The molecule has 1 heteroatoms. The van der Waals surface area contributed by atoms with Gasteiger partial charge < -0.3 is 5.11 Å². The van der Waals surface area contributed by atoms with Crippen LogP contribution in [-0.4, -0.2) is 5.11 Å². The van der Waals surface area contributed by atoms with Crippen LogP contribution in [-0.2, 0) is 0 Å². The van der Waals surface area contributed by atoms with E-state index in [4.69, 9.17) is 0 Å². The summed E-state index contributed by atoms with van der Waals surface area (Å²) in [4.78, 5) is 0. The summed E-state index contributed by atoms with van der Waals surface area (Å²) in [6.45, 7) is 2.23. The molecule has 1 nitrogen and oxygen atoms in total. The SMILES string of the molecule is CCCCCC/C=C/[C@@H]1C=Cc2ccccc2[C@@H]1O. The molecule has 1 aliphatic rings. The zero-order valence-electron chi connectivity index (χ0n) is 11.8. The molecule has 0 saturated carbocycles. The van der Waals surface area contributed by atoms with E-state index in [9.17, 15) is 5.11 Å². The van der Waals surface area contributed by atoms with Gasteiger partial charge in [0.1, 0.15) is 0 Å². The standard InChI is InChI=1S/C18H24O/c1-2-3-4-5-6-7-11-16-14-13-15-10-8-9-12-17(15)18(16)19/h7-14,16,18-19H,2-6H2,1H3/b11-7+/t16-,18-/m1/s1. The second-order valence-corrected chi connectivity index (χ2v) is 5.29. The monoisotopic (exact) mass is 256 g/mol. The summed E-state index contributed by atoms with van der Waals surface area (Å²) in [7, 11) is 0. The van der Waals surface area contributed by atoms with Crippen LogP contribution in [0.3, 0.4) is 0 Å². The van der Waals surface area contributed by atoms with Gasteiger partial charge in [-0.25, -0.2) is 0 Å². The number of aliphatic hydroxyl groups excluding tert-OH is 1. The third kappa shape index (κ3) is 3.81. The summed E-state index contributed by atoms with van der Waals surface area (Å²) < 4.78 is 0. The average molecular weight is 256 g/mol. The molecule has 0 aromatic heterocycles. The Kier molecular flexibility index (Phi) is 5.41. The van der Waals surface area contributed by atoms with Gasteiger partial charge in [0.2, 0.25) is 0 Å². The quantitative estimate of drug-likeness (QED) is 0.567. The molecular weight excluding hydrogens is 232 g/mol. The number of allylic oxidation sites excluding steroid dienone is 1. The number of rotatable bonds is 6. The van der Waals surface area contributed by atoms with E-state index in [-0.39, 0.29) is 5.92 Å². The van der Waals surface area contributed by atoms with E-state index >= 15 is 0 Å². The zero-order valence-corrected chi connectivity index (χ0v) is 11.8. The van der Waals surface area contributed by atoms with Crippen LogP contribution in [0, 0.1) is 5.92 Å². The molecule has 0 heterocycles. The fourth-order valence-electron chi connectivity index (χ4n) is 2.57. The molecule has 0 radical (unpaired) electrons. The maximum Gasteiger partial charge on any atom is 0.0893 e. The molecule has 0 aliphatic heterocycles. The Bertz CT molecular complexity index is 445. The Hall–Kier alpha value is -1.34. The predicted octanol–water partition coefficient (Wildman–Crippen LogP) is 4.89. The molecule has 0 unspecified atom stereocenters. The van der Waals surface area contributed by atoms with Crippen LogP contribution in [0.4, 0.5) is 0 Å². The van der Waals surface area contributed by atoms with E-state index in [1.165, 1.54) is 25.7 Å². The van der Waals surface area contributed by atoms with Gasteiger partial charge in [-0.15, -0.1) is 0 Å². The molecule has 2 rings (SSSR count). The first-order valence-electron chi connectivity index (χ1n) is 7.44. The first-order valence-corrected chi connectivity index (χ1v) is 7.44. The van der Waals surface area contributed by atoms with E-state index in [1.54, 1.807) is 0 Å². The second-order valence-electron chi connectivity index (χ2n) is 5.29.